The predicted molar refractivity (Wildman–Crippen MR) is 102 cm³/mol. The lowest BCUT2D eigenvalue weighted by molar-refractivity contribution is -0.0725. The van der Waals surface area contributed by atoms with Crippen molar-refractivity contribution in [2.75, 3.05) is 26.9 Å². The number of ether oxygens (including phenoxy) is 3. The van der Waals surface area contributed by atoms with Gasteiger partial charge in [0.25, 0.3) is 0 Å². The van der Waals surface area contributed by atoms with Gasteiger partial charge in [0, 0.05) is 13.7 Å². The van der Waals surface area contributed by atoms with Crippen molar-refractivity contribution in [1.29, 1.82) is 0 Å². The molecule has 0 bridgehead atoms. The van der Waals surface area contributed by atoms with Crippen molar-refractivity contribution in [1.82, 2.24) is 0 Å². The molecule has 0 spiro atoms. The molecule has 1 aliphatic heterocycles. The number of unbranched alkanes of at least 4 members (excludes halogenated alkanes) is 5. The second-order valence-electron chi connectivity index (χ2n) is 7.40. The van der Waals surface area contributed by atoms with Gasteiger partial charge in [0.2, 0.25) is 0 Å². The van der Waals surface area contributed by atoms with Crippen LogP contribution in [-0.2, 0) is 14.2 Å². The van der Waals surface area contributed by atoms with Gasteiger partial charge in [-0.2, -0.15) is 0 Å². The Bertz CT molecular complexity index is 277. The van der Waals surface area contributed by atoms with Crippen molar-refractivity contribution in [2.45, 2.75) is 103 Å². The predicted octanol–water partition coefficient (Wildman–Crippen LogP) is 5.75. The minimum absolute atomic E-state index is 0.0586. The molecule has 0 N–H and O–H groups in total. The average Bonchev–Trinajstić information content (AvgIpc) is 3.43. The van der Waals surface area contributed by atoms with E-state index < -0.39 is 0 Å². The van der Waals surface area contributed by atoms with E-state index in [9.17, 15) is 0 Å². The zero-order valence-electron chi connectivity index (χ0n) is 16.8. The third-order valence-corrected chi connectivity index (χ3v) is 5.80. The van der Waals surface area contributed by atoms with Crippen molar-refractivity contribution in [2.24, 2.45) is 5.92 Å². The Morgan fingerprint density at radius 1 is 0.958 bits per heavy atom. The van der Waals surface area contributed by atoms with Crippen LogP contribution in [0.5, 0.6) is 0 Å². The zero-order chi connectivity index (χ0) is 17.7. The fraction of sp³-hybridized carbons (Fsp3) is 1.00. The van der Waals surface area contributed by atoms with Gasteiger partial charge in [-0.3, -0.25) is 0 Å². The van der Waals surface area contributed by atoms with Crippen LogP contribution in [0.3, 0.4) is 0 Å². The highest BCUT2D eigenvalue weighted by Gasteiger charge is 2.34. The van der Waals surface area contributed by atoms with Crippen LogP contribution in [0.25, 0.3) is 0 Å². The Labute approximate surface area is 150 Å². The van der Waals surface area contributed by atoms with Gasteiger partial charge in [-0.1, -0.05) is 59.3 Å². The fourth-order valence-electron chi connectivity index (χ4n) is 3.94. The quantitative estimate of drug-likeness (QED) is 0.249. The van der Waals surface area contributed by atoms with E-state index in [0.717, 1.165) is 39.1 Å². The van der Waals surface area contributed by atoms with Gasteiger partial charge in [-0.05, 0) is 38.0 Å². The molecule has 0 amide bonds. The average molecular weight is 343 g/mol. The first-order chi connectivity index (χ1) is 11.7. The van der Waals surface area contributed by atoms with Gasteiger partial charge in [-0.25, -0.2) is 0 Å². The summed E-state index contributed by atoms with van der Waals surface area (Å²) < 4.78 is 17.0. The smallest absolute Gasteiger partial charge is 0.104 e. The molecule has 1 aliphatic rings. The van der Waals surface area contributed by atoms with E-state index in [-0.39, 0.29) is 5.60 Å². The lowest BCUT2D eigenvalue weighted by Gasteiger charge is -2.39. The molecule has 3 nitrogen and oxygen atoms in total. The largest absolute Gasteiger partial charge is 0.379 e. The molecule has 0 saturated carbocycles. The van der Waals surface area contributed by atoms with Crippen molar-refractivity contribution >= 4 is 0 Å². The number of rotatable bonds is 17. The molecule has 0 aromatic heterocycles. The van der Waals surface area contributed by atoms with Crippen LogP contribution in [0.1, 0.15) is 91.4 Å². The summed E-state index contributed by atoms with van der Waals surface area (Å²) in [7, 11) is 1.90. The maximum Gasteiger partial charge on any atom is 0.104 e. The van der Waals surface area contributed by atoms with E-state index in [2.05, 4.69) is 20.8 Å². The monoisotopic (exact) mass is 342 g/mol. The molecule has 3 heteroatoms. The summed E-state index contributed by atoms with van der Waals surface area (Å²) in [5, 5.41) is 0. The van der Waals surface area contributed by atoms with Gasteiger partial charge in [0.05, 0.1) is 18.8 Å². The van der Waals surface area contributed by atoms with Gasteiger partial charge >= 0.3 is 0 Å². The van der Waals surface area contributed by atoms with Gasteiger partial charge in [-0.15, -0.1) is 0 Å². The highest BCUT2D eigenvalue weighted by atomic mass is 16.6. The molecular formula is C21H42O3. The van der Waals surface area contributed by atoms with E-state index >= 15 is 0 Å². The van der Waals surface area contributed by atoms with Gasteiger partial charge in [0.1, 0.15) is 6.10 Å². The molecule has 0 aromatic carbocycles. The van der Waals surface area contributed by atoms with Crippen LogP contribution < -0.4 is 0 Å². The zero-order valence-corrected chi connectivity index (χ0v) is 16.8. The molecular weight excluding hydrogens is 300 g/mol. The molecule has 2 unspecified atom stereocenters. The Morgan fingerprint density at radius 2 is 1.58 bits per heavy atom. The normalized spacial score (nSPS) is 18.8. The first-order valence-corrected chi connectivity index (χ1v) is 10.5. The summed E-state index contributed by atoms with van der Waals surface area (Å²) in [6, 6.07) is 0. The van der Waals surface area contributed by atoms with Crippen LogP contribution in [0, 0.1) is 5.92 Å². The summed E-state index contributed by atoms with van der Waals surface area (Å²) in [6.07, 6.45) is 14.5. The number of hydrogen-bond acceptors (Lipinski definition) is 3. The maximum absolute atomic E-state index is 6.04. The summed E-state index contributed by atoms with van der Waals surface area (Å²) in [5.74, 6) is 0.657. The minimum Gasteiger partial charge on any atom is -0.379 e. The minimum atomic E-state index is 0.0586. The third-order valence-electron chi connectivity index (χ3n) is 5.80. The van der Waals surface area contributed by atoms with Crippen LogP contribution in [0.15, 0.2) is 0 Å². The summed E-state index contributed by atoms with van der Waals surface area (Å²) in [6.45, 7) is 9.37. The third kappa shape index (κ3) is 8.31. The molecule has 2 atom stereocenters. The highest BCUT2D eigenvalue weighted by molar-refractivity contribution is 4.86. The van der Waals surface area contributed by atoms with Gasteiger partial charge < -0.3 is 14.2 Å². The molecule has 0 aromatic rings. The molecule has 24 heavy (non-hydrogen) atoms. The van der Waals surface area contributed by atoms with E-state index in [1.807, 2.05) is 7.11 Å². The Kier molecular flexibility index (Phi) is 12.0. The molecule has 1 fully saturated rings. The van der Waals surface area contributed by atoms with E-state index in [1.165, 1.54) is 51.4 Å². The maximum atomic E-state index is 6.04. The molecule has 1 rings (SSSR count). The van der Waals surface area contributed by atoms with E-state index in [1.54, 1.807) is 0 Å². The summed E-state index contributed by atoms with van der Waals surface area (Å²) in [4.78, 5) is 0. The SMILES string of the molecule is CCCCCCCCC(CCCOCC1CO1)C(CC)(CC)OC. The molecule has 0 radical (unpaired) electrons. The number of methoxy groups -OCH3 is 1. The highest BCUT2D eigenvalue weighted by Crippen LogP contribution is 2.36. The summed E-state index contributed by atoms with van der Waals surface area (Å²) in [5.41, 5.74) is 0.0586. The van der Waals surface area contributed by atoms with Crippen LogP contribution in [0.2, 0.25) is 0 Å². The number of hydrogen-bond donors (Lipinski definition) is 0. The lowest BCUT2D eigenvalue weighted by Crippen LogP contribution is -2.39. The van der Waals surface area contributed by atoms with E-state index in [0.29, 0.717) is 12.0 Å². The van der Waals surface area contributed by atoms with Crippen LogP contribution in [-0.4, -0.2) is 38.6 Å². The molecule has 1 saturated heterocycles. The fourth-order valence-corrected chi connectivity index (χ4v) is 3.94. The first kappa shape index (κ1) is 21.9. The van der Waals surface area contributed by atoms with Crippen molar-refractivity contribution in [3.63, 3.8) is 0 Å². The Morgan fingerprint density at radius 3 is 2.17 bits per heavy atom. The second-order valence-corrected chi connectivity index (χ2v) is 7.40. The van der Waals surface area contributed by atoms with E-state index in [4.69, 9.17) is 14.2 Å². The molecule has 0 aliphatic carbocycles. The molecule has 144 valence electrons. The second kappa shape index (κ2) is 13.1. The Hall–Kier alpha value is -0.120. The molecule has 1 heterocycles. The van der Waals surface area contributed by atoms with Crippen molar-refractivity contribution < 1.29 is 14.2 Å². The topological polar surface area (TPSA) is 31.0 Å². The van der Waals surface area contributed by atoms with Crippen molar-refractivity contribution in [3.05, 3.63) is 0 Å². The summed E-state index contributed by atoms with van der Waals surface area (Å²) >= 11 is 0. The number of epoxide rings is 1. The first-order valence-electron chi connectivity index (χ1n) is 10.5. The van der Waals surface area contributed by atoms with Gasteiger partial charge in [0.15, 0.2) is 0 Å². The Balaban J connectivity index is 2.32. The van der Waals surface area contributed by atoms with Crippen LogP contribution >= 0.6 is 0 Å². The van der Waals surface area contributed by atoms with Crippen LogP contribution in [0.4, 0.5) is 0 Å². The van der Waals surface area contributed by atoms with Crippen molar-refractivity contribution in [3.8, 4) is 0 Å². The standard InChI is InChI=1S/C21H42O3/c1-5-8-9-10-11-12-14-19(21(6-2,7-3)22-4)15-13-16-23-17-20-18-24-20/h19-20H,5-18H2,1-4H3. The lowest BCUT2D eigenvalue weighted by atomic mass is 9.77.